The number of likely N-dealkylation sites (N-methyl/N-ethyl adjacent to an activating group) is 1. The Morgan fingerprint density at radius 2 is 1.46 bits per heavy atom. The fourth-order valence-corrected chi connectivity index (χ4v) is 6.63. The molecule has 0 spiro atoms. The van der Waals surface area contributed by atoms with E-state index in [1.165, 1.54) is 23.2 Å². The number of fused-ring (bicyclic) bond motifs is 1. The van der Waals surface area contributed by atoms with Gasteiger partial charge in [-0.15, -0.1) is 0 Å². The highest BCUT2D eigenvalue weighted by atomic mass is 16.2. The molecular weight excluding hydrogens is 480 g/mol. The van der Waals surface area contributed by atoms with E-state index in [9.17, 15) is 4.79 Å². The maximum absolute atomic E-state index is 13.2. The number of para-hydroxylation sites is 1. The topological polar surface area (TPSA) is 30.0 Å². The number of hydrogen-bond donors (Lipinski definition) is 0. The van der Waals surface area contributed by atoms with Crippen LogP contribution in [-0.2, 0) is 12.0 Å². The van der Waals surface area contributed by atoms with E-state index in [1.54, 1.807) is 0 Å². The molecule has 2 fully saturated rings. The van der Waals surface area contributed by atoms with Crippen LogP contribution in [0.25, 0.3) is 0 Å². The van der Waals surface area contributed by atoms with E-state index in [0.717, 1.165) is 45.7 Å². The fourth-order valence-electron chi connectivity index (χ4n) is 6.63. The number of nitrogens with zero attached hydrogens (tertiary/aromatic N) is 4. The van der Waals surface area contributed by atoms with Gasteiger partial charge in [0.25, 0.3) is 0 Å². The van der Waals surface area contributed by atoms with E-state index < -0.39 is 0 Å². The number of carbonyl (C=O) groups is 1. The van der Waals surface area contributed by atoms with Gasteiger partial charge in [-0.2, -0.15) is 0 Å². The third-order valence-corrected chi connectivity index (χ3v) is 8.98. The average molecular weight is 525 g/mol. The molecule has 2 saturated heterocycles. The molecule has 206 valence electrons. The van der Waals surface area contributed by atoms with Crippen molar-refractivity contribution >= 4 is 11.7 Å². The van der Waals surface area contributed by atoms with Gasteiger partial charge in [0, 0.05) is 57.9 Å². The quantitative estimate of drug-likeness (QED) is 0.345. The summed E-state index contributed by atoms with van der Waals surface area (Å²) in [5.41, 5.74) is 3.88. The molecule has 2 aliphatic rings. The van der Waals surface area contributed by atoms with Crippen LogP contribution in [0.3, 0.4) is 0 Å². The van der Waals surface area contributed by atoms with Crippen molar-refractivity contribution in [2.45, 2.75) is 31.7 Å². The molecule has 3 aromatic rings. The Kier molecular flexibility index (Phi) is 8.56. The summed E-state index contributed by atoms with van der Waals surface area (Å²) in [6, 6.07) is 32.2. The van der Waals surface area contributed by atoms with Gasteiger partial charge in [0.2, 0.25) is 0 Å². The van der Waals surface area contributed by atoms with Gasteiger partial charge in [0.15, 0.2) is 0 Å². The largest absolute Gasteiger partial charge is 0.374 e. The molecule has 3 aromatic carbocycles. The van der Waals surface area contributed by atoms with Gasteiger partial charge >= 0.3 is 6.03 Å². The van der Waals surface area contributed by atoms with E-state index in [0.29, 0.717) is 18.4 Å². The zero-order valence-electron chi connectivity index (χ0n) is 23.9. The maximum atomic E-state index is 13.2. The summed E-state index contributed by atoms with van der Waals surface area (Å²) in [6.45, 7) is 9.14. The second kappa shape index (κ2) is 12.3. The fraction of sp³-hybridized carbons (Fsp3) is 0.441. The van der Waals surface area contributed by atoms with Crippen molar-refractivity contribution < 1.29 is 4.79 Å². The van der Waals surface area contributed by atoms with Crippen LogP contribution >= 0.6 is 0 Å². The molecule has 2 amide bonds. The van der Waals surface area contributed by atoms with Crippen molar-refractivity contribution in [1.82, 2.24) is 14.7 Å². The van der Waals surface area contributed by atoms with Crippen molar-refractivity contribution in [1.29, 1.82) is 0 Å². The molecule has 2 heterocycles. The zero-order chi connectivity index (χ0) is 27.2. The molecule has 1 unspecified atom stereocenters. The smallest absolute Gasteiger partial charge is 0.320 e. The highest BCUT2D eigenvalue weighted by molar-refractivity contribution is 5.74. The second-order valence-electron chi connectivity index (χ2n) is 12.0. The number of piperidine rings is 1. The summed E-state index contributed by atoms with van der Waals surface area (Å²) in [5, 5.41) is 0. The summed E-state index contributed by atoms with van der Waals surface area (Å²) in [5.74, 6) is 1.20. The molecule has 0 saturated carbocycles. The van der Waals surface area contributed by atoms with E-state index in [-0.39, 0.29) is 11.4 Å². The van der Waals surface area contributed by atoms with Crippen molar-refractivity contribution in [3.8, 4) is 0 Å². The number of amides is 2. The van der Waals surface area contributed by atoms with Gasteiger partial charge in [-0.1, -0.05) is 85.8 Å². The number of urea groups is 1. The Bertz CT molecular complexity index is 1190. The van der Waals surface area contributed by atoms with Gasteiger partial charge in [-0.25, -0.2) is 4.79 Å². The summed E-state index contributed by atoms with van der Waals surface area (Å²) in [4.78, 5) is 22.3. The zero-order valence-corrected chi connectivity index (χ0v) is 23.9. The highest BCUT2D eigenvalue weighted by Gasteiger charge is 2.40. The molecule has 39 heavy (non-hydrogen) atoms. The third-order valence-electron chi connectivity index (χ3n) is 8.98. The van der Waals surface area contributed by atoms with Crippen molar-refractivity contribution in [2.24, 2.45) is 11.8 Å². The first-order chi connectivity index (χ1) is 18.9. The normalized spacial score (nSPS) is 20.7. The third kappa shape index (κ3) is 6.65. The lowest BCUT2D eigenvalue weighted by Gasteiger charge is -2.39. The molecule has 0 bridgehead atoms. The van der Waals surface area contributed by atoms with Crippen LogP contribution < -0.4 is 4.90 Å². The summed E-state index contributed by atoms with van der Waals surface area (Å²) >= 11 is 0. The monoisotopic (exact) mass is 524 g/mol. The lowest BCUT2D eigenvalue weighted by atomic mass is 9.78. The van der Waals surface area contributed by atoms with Crippen LogP contribution in [0.5, 0.6) is 0 Å². The molecule has 0 N–H and O–H groups in total. The number of likely N-dealkylation sites (tertiary alicyclic amines) is 2. The highest BCUT2D eigenvalue weighted by Crippen LogP contribution is 2.34. The number of benzene rings is 3. The van der Waals surface area contributed by atoms with Crippen LogP contribution in [0, 0.1) is 11.8 Å². The Morgan fingerprint density at radius 3 is 2.15 bits per heavy atom. The van der Waals surface area contributed by atoms with Crippen LogP contribution in [0.1, 0.15) is 30.9 Å². The predicted molar refractivity (Wildman–Crippen MR) is 161 cm³/mol. The minimum Gasteiger partial charge on any atom is -0.374 e. The van der Waals surface area contributed by atoms with Crippen molar-refractivity contribution in [3.63, 3.8) is 0 Å². The summed E-state index contributed by atoms with van der Waals surface area (Å²) in [6.07, 6.45) is 2.29. The lowest BCUT2D eigenvalue weighted by molar-refractivity contribution is 0.138. The van der Waals surface area contributed by atoms with Crippen LogP contribution in [0.15, 0.2) is 91.0 Å². The van der Waals surface area contributed by atoms with Crippen molar-refractivity contribution in [2.75, 3.05) is 58.3 Å². The maximum Gasteiger partial charge on any atom is 0.320 e. The van der Waals surface area contributed by atoms with Crippen molar-refractivity contribution in [3.05, 3.63) is 102 Å². The molecule has 2 aliphatic heterocycles. The van der Waals surface area contributed by atoms with Crippen LogP contribution in [0.4, 0.5) is 10.5 Å². The summed E-state index contributed by atoms with van der Waals surface area (Å²) in [7, 11) is 4.14. The Balaban J connectivity index is 1.18. The van der Waals surface area contributed by atoms with Gasteiger partial charge in [0.05, 0.1) is 0 Å². The molecule has 5 nitrogen and oxygen atoms in total. The SMILES string of the molecule is CN(Cc1ccccc1)C(=O)N1C[C@H]2CN(CCC(C)(CN(C)c3ccccc3)c3ccccc3)CC[C@H]2C1. The first-order valence-electron chi connectivity index (χ1n) is 14.5. The Morgan fingerprint density at radius 1 is 0.846 bits per heavy atom. The lowest BCUT2D eigenvalue weighted by Crippen LogP contribution is -2.44. The second-order valence-corrected chi connectivity index (χ2v) is 12.0. The van der Waals surface area contributed by atoms with Gasteiger partial charge in [0.1, 0.15) is 0 Å². The van der Waals surface area contributed by atoms with Crippen LogP contribution in [0.2, 0.25) is 0 Å². The van der Waals surface area contributed by atoms with E-state index in [2.05, 4.69) is 101 Å². The minimum atomic E-state index is 0.0422. The van der Waals surface area contributed by atoms with Gasteiger partial charge < -0.3 is 19.6 Å². The number of rotatable bonds is 9. The molecule has 0 aromatic heterocycles. The Hall–Kier alpha value is -3.31. The van der Waals surface area contributed by atoms with Gasteiger partial charge in [-0.05, 0) is 61.0 Å². The van der Waals surface area contributed by atoms with Gasteiger partial charge in [-0.3, -0.25) is 0 Å². The molecule has 5 heteroatoms. The predicted octanol–water partition coefficient (Wildman–Crippen LogP) is 5.98. The summed E-state index contributed by atoms with van der Waals surface area (Å²) < 4.78 is 0. The molecule has 5 rings (SSSR count). The first kappa shape index (κ1) is 27.3. The molecule has 0 radical (unpaired) electrons. The number of hydrogen-bond acceptors (Lipinski definition) is 3. The first-order valence-corrected chi connectivity index (χ1v) is 14.5. The molecular formula is C34H44N4O. The Labute approximate surface area is 235 Å². The minimum absolute atomic E-state index is 0.0422. The molecule has 0 aliphatic carbocycles. The number of anilines is 1. The average Bonchev–Trinajstić information content (AvgIpc) is 3.40. The van der Waals surface area contributed by atoms with E-state index in [4.69, 9.17) is 0 Å². The van der Waals surface area contributed by atoms with E-state index >= 15 is 0 Å². The number of carbonyl (C=O) groups excluding carboxylic acids is 1. The standard InChI is InChI=1S/C34H44N4O/c1-34(31-15-9-5-10-16-31,27-36(3)32-17-11-6-12-18-32)20-22-37-21-19-29-25-38(26-30(29)24-37)33(39)35(2)23-28-13-7-4-8-14-28/h4-18,29-30H,19-27H2,1-3H3/t29-,30+,34?/m0/s1. The van der Waals surface area contributed by atoms with Crippen LogP contribution in [-0.4, -0.2) is 74.1 Å². The molecule has 3 atom stereocenters. The van der Waals surface area contributed by atoms with E-state index in [1.807, 2.05) is 30.1 Å².